The van der Waals surface area contributed by atoms with E-state index in [0.29, 0.717) is 15.0 Å². The molecule has 1 aliphatic rings. The number of carbonyl (C=O) groups excluding carboxylic acids is 1. The SMILES string of the molecule is O=C(c1cc2ncc(Br)cn2n1)N1CCc2cccc(F)c2C1C(F)(F)F. The summed E-state index contributed by atoms with van der Waals surface area (Å²) < 4.78 is 57.5. The summed E-state index contributed by atoms with van der Waals surface area (Å²) in [6.07, 6.45) is -1.68. The maximum atomic E-state index is 14.2. The topological polar surface area (TPSA) is 50.5 Å². The van der Waals surface area contributed by atoms with Crippen molar-refractivity contribution in [2.75, 3.05) is 6.54 Å². The standard InChI is InChI=1S/C17H11BrF4N4O/c18-10-7-23-13-6-12(24-26(13)8-10)16(27)25-5-4-9-2-1-3-11(19)14(9)15(25)17(20,21)22/h1-3,6-8,15H,4-5H2. The predicted octanol–water partition coefficient (Wildman–Crippen LogP) is 3.93. The Morgan fingerprint density at radius 3 is 2.81 bits per heavy atom. The molecule has 0 saturated heterocycles. The lowest BCUT2D eigenvalue weighted by atomic mass is 9.91. The first-order valence-corrected chi connectivity index (χ1v) is 8.71. The van der Waals surface area contributed by atoms with Crippen molar-refractivity contribution in [3.8, 4) is 0 Å². The molecule has 1 aliphatic heterocycles. The molecule has 3 aromatic rings. The molecule has 140 valence electrons. The summed E-state index contributed by atoms with van der Waals surface area (Å²) in [5.41, 5.74) is -0.125. The average molecular weight is 443 g/mol. The number of fused-ring (bicyclic) bond motifs is 2. The first kappa shape index (κ1) is 17.9. The van der Waals surface area contributed by atoms with Crippen LogP contribution in [0.15, 0.2) is 41.1 Å². The number of hydrogen-bond acceptors (Lipinski definition) is 3. The van der Waals surface area contributed by atoms with Gasteiger partial charge in [0, 0.05) is 30.6 Å². The lowest BCUT2D eigenvalue weighted by Crippen LogP contribution is -2.47. The molecule has 1 amide bonds. The maximum absolute atomic E-state index is 14.2. The Kier molecular flexibility index (Phi) is 4.17. The highest BCUT2D eigenvalue weighted by Crippen LogP contribution is 2.43. The van der Waals surface area contributed by atoms with Crippen molar-refractivity contribution in [2.24, 2.45) is 0 Å². The van der Waals surface area contributed by atoms with Gasteiger partial charge in [-0.15, -0.1) is 0 Å². The van der Waals surface area contributed by atoms with Crippen molar-refractivity contribution in [3.05, 3.63) is 63.8 Å². The second-order valence-corrected chi connectivity index (χ2v) is 7.03. The molecule has 1 aromatic carbocycles. The highest BCUT2D eigenvalue weighted by Gasteiger charge is 2.50. The Hall–Kier alpha value is -2.49. The second-order valence-electron chi connectivity index (χ2n) is 6.11. The number of aromatic nitrogens is 3. The number of benzene rings is 1. The van der Waals surface area contributed by atoms with Gasteiger partial charge in [0.05, 0.1) is 4.47 Å². The van der Waals surface area contributed by atoms with E-state index in [1.54, 1.807) is 0 Å². The van der Waals surface area contributed by atoms with Gasteiger partial charge in [0.1, 0.15) is 5.82 Å². The molecule has 0 N–H and O–H groups in total. The van der Waals surface area contributed by atoms with Gasteiger partial charge in [-0.3, -0.25) is 4.79 Å². The van der Waals surface area contributed by atoms with Crippen LogP contribution in [-0.2, 0) is 6.42 Å². The number of carbonyl (C=O) groups is 1. The lowest BCUT2D eigenvalue weighted by molar-refractivity contribution is -0.182. The van der Waals surface area contributed by atoms with Gasteiger partial charge in [-0.1, -0.05) is 12.1 Å². The Morgan fingerprint density at radius 1 is 1.30 bits per heavy atom. The van der Waals surface area contributed by atoms with E-state index in [1.807, 2.05) is 0 Å². The third-order valence-corrected chi connectivity index (χ3v) is 4.83. The van der Waals surface area contributed by atoms with Crippen LogP contribution >= 0.6 is 15.9 Å². The molecular weight excluding hydrogens is 432 g/mol. The monoisotopic (exact) mass is 442 g/mol. The summed E-state index contributed by atoms with van der Waals surface area (Å²) >= 11 is 3.21. The molecule has 0 saturated carbocycles. The molecule has 3 heterocycles. The summed E-state index contributed by atoms with van der Waals surface area (Å²) in [6.45, 7) is -0.190. The number of rotatable bonds is 1. The molecule has 0 fully saturated rings. The van der Waals surface area contributed by atoms with E-state index in [2.05, 4.69) is 26.0 Å². The third-order valence-electron chi connectivity index (χ3n) is 4.42. The summed E-state index contributed by atoms with van der Waals surface area (Å²) in [5, 5.41) is 4.02. The van der Waals surface area contributed by atoms with Gasteiger partial charge in [-0.2, -0.15) is 18.3 Å². The van der Waals surface area contributed by atoms with E-state index < -0.39 is 29.5 Å². The lowest BCUT2D eigenvalue weighted by Gasteiger charge is -2.38. The molecule has 27 heavy (non-hydrogen) atoms. The van der Waals surface area contributed by atoms with Gasteiger partial charge in [0.15, 0.2) is 17.4 Å². The number of nitrogens with zero attached hydrogens (tertiary/aromatic N) is 4. The normalized spacial score (nSPS) is 17.2. The molecule has 0 aliphatic carbocycles. The van der Waals surface area contributed by atoms with E-state index in [0.717, 1.165) is 6.07 Å². The minimum absolute atomic E-state index is 0.128. The number of amides is 1. The molecule has 5 nitrogen and oxygen atoms in total. The fraction of sp³-hybridized carbons (Fsp3) is 0.235. The summed E-state index contributed by atoms with van der Waals surface area (Å²) in [4.78, 5) is 17.5. The Bertz CT molecular complexity index is 1050. The Labute approximate surface area is 158 Å². The fourth-order valence-electron chi connectivity index (χ4n) is 3.30. The van der Waals surface area contributed by atoms with Crippen molar-refractivity contribution in [2.45, 2.75) is 18.6 Å². The molecule has 4 rings (SSSR count). The van der Waals surface area contributed by atoms with Crippen LogP contribution in [0.3, 0.4) is 0 Å². The number of alkyl halides is 3. The van der Waals surface area contributed by atoms with Crippen molar-refractivity contribution >= 4 is 27.5 Å². The van der Waals surface area contributed by atoms with Crippen LogP contribution in [0.25, 0.3) is 5.65 Å². The fourth-order valence-corrected chi connectivity index (χ4v) is 3.59. The molecule has 1 atom stereocenters. The first-order valence-electron chi connectivity index (χ1n) is 7.91. The van der Waals surface area contributed by atoms with Gasteiger partial charge >= 0.3 is 6.18 Å². The predicted molar refractivity (Wildman–Crippen MR) is 90.6 cm³/mol. The van der Waals surface area contributed by atoms with E-state index in [1.165, 1.54) is 35.1 Å². The maximum Gasteiger partial charge on any atom is 0.413 e. The zero-order valence-corrected chi connectivity index (χ0v) is 15.1. The van der Waals surface area contributed by atoms with Crippen LogP contribution in [0.2, 0.25) is 0 Å². The van der Waals surface area contributed by atoms with Crippen LogP contribution in [0.1, 0.15) is 27.7 Å². The minimum atomic E-state index is -4.83. The van der Waals surface area contributed by atoms with Gasteiger partial charge in [-0.05, 0) is 34.0 Å². The first-order chi connectivity index (χ1) is 12.8. The Morgan fingerprint density at radius 2 is 2.07 bits per heavy atom. The van der Waals surface area contributed by atoms with Crippen molar-refractivity contribution < 1.29 is 22.4 Å². The van der Waals surface area contributed by atoms with Gasteiger partial charge in [0.2, 0.25) is 0 Å². The van der Waals surface area contributed by atoms with Crippen molar-refractivity contribution in [1.29, 1.82) is 0 Å². The van der Waals surface area contributed by atoms with E-state index in [9.17, 15) is 22.4 Å². The average Bonchev–Trinajstić information content (AvgIpc) is 3.02. The van der Waals surface area contributed by atoms with Crippen LogP contribution in [0.5, 0.6) is 0 Å². The second kappa shape index (κ2) is 6.29. The highest BCUT2D eigenvalue weighted by atomic mass is 79.9. The zero-order chi connectivity index (χ0) is 19.3. The van der Waals surface area contributed by atoms with Gasteiger partial charge < -0.3 is 4.90 Å². The molecule has 10 heteroatoms. The van der Waals surface area contributed by atoms with Crippen LogP contribution in [0.4, 0.5) is 17.6 Å². The summed E-state index contributed by atoms with van der Waals surface area (Å²) in [5.74, 6) is -1.90. The molecule has 2 aromatic heterocycles. The van der Waals surface area contributed by atoms with Crippen molar-refractivity contribution in [3.63, 3.8) is 0 Å². The molecular formula is C17H11BrF4N4O. The van der Waals surface area contributed by atoms with Crippen LogP contribution < -0.4 is 0 Å². The Balaban J connectivity index is 1.79. The molecule has 1 unspecified atom stereocenters. The van der Waals surface area contributed by atoms with Crippen LogP contribution in [-0.4, -0.2) is 38.1 Å². The smallest absolute Gasteiger partial charge is 0.321 e. The number of hydrogen-bond donors (Lipinski definition) is 0. The summed E-state index contributed by atoms with van der Waals surface area (Å²) in [7, 11) is 0. The minimum Gasteiger partial charge on any atom is -0.321 e. The van der Waals surface area contributed by atoms with E-state index in [4.69, 9.17) is 0 Å². The van der Waals surface area contributed by atoms with E-state index in [-0.39, 0.29) is 24.2 Å². The van der Waals surface area contributed by atoms with Crippen molar-refractivity contribution in [1.82, 2.24) is 19.5 Å². The largest absolute Gasteiger partial charge is 0.413 e. The van der Waals surface area contributed by atoms with Crippen LogP contribution in [0, 0.1) is 5.82 Å². The van der Waals surface area contributed by atoms with E-state index >= 15 is 0 Å². The molecule has 0 radical (unpaired) electrons. The van der Waals surface area contributed by atoms with Gasteiger partial charge in [0.25, 0.3) is 5.91 Å². The summed E-state index contributed by atoms with van der Waals surface area (Å²) in [6, 6.07) is 2.73. The highest BCUT2D eigenvalue weighted by molar-refractivity contribution is 9.10. The molecule has 0 spiro atoms. The van der Waals surface area contributed by atoms with Gasteiger partial charge in [-0.25, -0.2) is 13.9 Å². The quantitative estimate of drug-likeness (QED) is 0.536. The molecule has 0 bridgehead atoms. The number of halogens is 5. The zero-order valence-electron chi connectivity index (χ0n) is 13.5. The third kappa shape index (κ3) is 3.07.